The fourth-order valence-corrected chi connectivity index (χ4v) is 1.71. The third kappa shape index (κ3) is 2.95. The SMILES string of the molecule is NC(=O)c1ccc(NCc2ccncn2)cc1Cl. The second-order valence-electron chi connectivity index (χ2n) is 3.61. The molecule has 0 saturated carbocycles. The molecule has 1 amide bonds. The summed E-state index contributed by atoms with van der Waals surface area (Å²) in [5.41, 5.74) is 7.13. The van der Waals surface area contributed by atoms with E-state index in [2.05, 4.69) is 15.3 Å². The van der Waals surface area contributed by atoms with E-state index >= 15 is 0 Å². The Morgan fingerprint density at radius 2 is 2.22 bits per heavy atom. The van der Waals surface area contributed by atoms with Crippen LogP contribution in [-0.2, 0) is 6.54 Å². The Hall–Kier alpha value is -2.14. The maximum Gasteiger partial charge on any atom is 0.250 e. The zero-order valence-electron chi connectivity index (χ0n) is 9.43. The van der Waals surface area contributed by atoms with Crippen LogP contribution in [0.5, 0.6) is 0 Å². The van der Waals surface area contributed by atoms with Gasteiger partial charge in [-0.15, -0.1) is 0 Å². The van der Waals surface area contributed by atoms with Gasteiger partial charge in [0.1, 0.15) is 6.33 Å². The van der Waals surface area contributed by atoms with E-state index in [1.807, 2.05) is 6.07 Å². The number of rotatable bonds is 4. The van der Waals surface area contributed by atoms with Crippen LogP contribution in [0.25, 0.3) is 0 Å². The maximum atomic E-state index is 11.0. The highest BCUT2D eigenvalue weighted by Gasteiger charge is 2.06. The molecular formula is C12H11ClN4O. The predicted octanol–water partition coefficient (Wildman–Crippen LogP) is 1.84. The van der Waals surface area contributed by atoms with Crippen LogP contribution < -0.4 is 11.1 Å². The molecule has 0 unspecified atom stereocenters. The molecule has 0 atom stereocenters. The van der Waals surface area contributed by atoms with Gasteiger partial charge in [0.05, 0.1) is 22.8 Å². The second kappa shape index (κ2) is 5.46. The normalized spacial score (nSPS) is 10.1. The lowest BCUT2D eigenvalue weighted by atomic mass is 10.2. The number of hydrogen-bond donors (Lipinski definition) is 2. The van der Waals surface area contributed by atoms with E-state index in [0.29, 0.717) is 17.1 Å². The molecule has 18 heavy (non-hydrogen) atoms. The topological polar surface area (TPSA) is 80.9 Å². The Kier molecular flexibility index (Phi) is 3.74. The van der Waals surface area contributed by atoms with Crippen molar-refractivity contribution in [3.63, 3.8) is 0 Å². The van der Waals surface area contributed by atoms with Gasteiger partial charge in [-0.2, -0.15) is 0 Å². The largest absolute Gasteiger partial charge is 0.379 e. The fourth-order valence-electron chi connectivity index (χ4n) is 1.44. The molecule has 0 spiro atoms. The number of nitrogens with one attached hydrogen (secondary N) is 1. The minimum Gasteiger partial charge on any atom is -0.379 e. The highest BCUT2D eigenvalue weighted by Crippen LogP contribution is 2.20. The second-order valence-corrected chi connectivity index (χ2v) is 4.02. The molecule has 6 heteroatoms. The Morgan fingerprint density at radius 1 is 1.39 bits per heavy atom. The molecule has 1 heterocycles. The van der Waals surface area contributed by atoms with E-state index in [0.717, 1.165) is 11.4 Å². The van der Waals surface area contributed by atoms with Gasteiger partial charge in [-0.1, -0.05) is 11.6 Å². The molecule has 0 aliphatic rings. The van der Waals surface area contributed by atoms with Crippen LogP contribution in [-0.4, -0.2) is 15.9 Å². The first-order valence-corrected chi connectivity index (χ1v) is 5.63. The average Bonchev–Trinajstić information content (AvgIpc) is 2.37. The number of halogens is 1. The van der Waals surface area contributed by atoms with Crippen molar-refractivity contribution >= 4 is 23.2 Å². The van der Waals surface area contributed by atoms with E-state index in [1.165, 1.54) is 6.33 Å². The lowest BCUT2D eigenvalue weighted by Crippen LogP contribution is -2.11. The van der Waals surface area contributed by atoms with Crippen LogP contribution in [0.4, 0.5) is 5.69 Å². The Morgan fingerprint density at radius 3 is 2.83 bits per heavy atom. The van der Waals surface area contributed by atoms with E-state index in [9.17, 15) is 4.79 Å². The number of amides is 1. The van der Waals surface area contributed by atoms with Gasteiger partial charge in [-0.25, -0.2) is 9.97 Å². The average molecular weight is 263 g/mol. The van der Waals surface area contributed by atoms with Crippen LogP contribution in [0, 0.1) is 0 Å². The number of carbonyl (C=O) groups is 1. The third-order valence-corrected chi connectivity index (χ3v) is 2.66. The van der Waals surface area contributed by atoms with Gasteiger partial charge in [0, 0.05) is 11.9 Å². The van der Waals surface area contributed by atoms with Crippen molar-refractivity contribution in [2.45, 2.75) is 6.54 Å². The summed E-state index contributed by atoms with van der Waals surface area (Å²) in [5.74, 6) is -0.539. The van der Waals surface area contributed by atoms with Gasteiger partial charge in [-0.05, 0) is 24.3 Å². The third-order valence-electron chi connectivity index (χ3n) is 2.35. The molecule has 0 bridgehead atoms. The number of carbonyl (C=O) groups excluding carboxylic acids is 1. The van der Waals surface area contributed by atoms with Crippen LogP contribution in [0.2, 0.25) is 5.02 Å². The van der Waals surface area contributed by atoms with Gasteiger partial charge in [0.25, 0.3) is 0 Å². The molecule has 3 N–H and O–H groups in total. The molecule has 1 aromatic heterocycles. The van der Waals surface area contributed by atoms with Crippen molar-refractivity contribution in [2.24, 2.45) is 5.73 Å². The van der Waals surface area contributed by atoms with E-state index in [-0.39, 0.29) is 0 Å². The molecule has 2 rings (SSSR count). The quantitative estimate of drug-likeness (QED) is 0.881. The summed E-state index contributed by atoms with van der Waals surface area (Å²) in [6.07, 6.45) is 3.16. The number of aromatic nitrogens is 2. The van der Waals surface area contributed by atoms with Crippen molar-refractivity contribution < 1.29 is 4.79 Å². The number of benzene rings is 1. The monoisotopic (exact) mass is 262 g/mol. The maximum absolute atomic E-state index is 11.0. The minimum atomic E-state index is -0.539. The van der Waals surface area contributed by atoms with Crippen LogP contribution in [0.1, 0.15) is 16.1 Å². The fraction of sp³-hybridized carbons (Fsp3) is 0.0833. The van der Waals surface area contributed by atoms with Gasteiger partial charge >= 0.3 is 0 Å². The number of nitrogens with two attached hydrogens (primary N) is 1. The molecule has 0 radical (unpaired) electrons. The molecule has 0 fully saturated rings. The summed E-state index contributed by atoms with van der Waals surface area (Å²) in [7, 11) is 0. The standard InChI is InChI=1S/C12H11ClN4O/c13-11-5-8(1-2-10(11)12(14)18)16-6-9-3-4-15-7-17-9/h1-5,7,16H,6H2,(H2,14,18). The summed E-state index contributed by atoms with van der Waals surface area (Å²) in [5, 5.41) is 3.47. The zero-order chi connectivity index (χ0) is 13.0. The molecule has 2 aromatic rings. The molecule has 0 saturated heterocycles. The first-order valence-electron chi connectivity index (χ1n) is 5.25. The molecule has 0 aliphatic carbocycles. The smallest absolute Gasteiger partial charge is 0.250 e. The van der Waals surface area contributed by atoms with Crippen molar-refractivity contribution in [3.05, 3.63) is 53.1 Å². The van der Waals surface area contributed by atoms with Crippen LogP contribution in [0.15, 0.2) is 36.8 Å². The van der Waals surface area contributed by atoms with E-state index < -0.39 is 5.91 Å². The number of hydrogen-bond acceptors (Lipinski definition) is 4. The minimum absolute atomic E-state index is 0.309. The first-order chi connectivity index (χ1) is 8.66. The number of primary amides is 1. The van der Waals surface area contributed by atoms with Crippen molar-refractivity contribution in [1.82, 2.24) is 9.97 Å². The highest BCUT2D eigenvalue weighted by molar-refractivity contribution is 6.34. The van der Waals surface area contributed by atoms with Gasteiger partial charge in [0.2, 0.25) is 5.91 Å². The Labute approximate surface area is 109 Å². The summed E-state index contributed by atoms with van der Waals surface area (Å²) < 4.78 is 0. The van der Waals surface area contributed by atoms with Crippen LogP contribution >= 0.6 is 11.6 Å². The van der Waals surface area contributed by atoms with Crippen molar-refractivity contribution in [3.8, 4) is 0 Å². The van der Waals surface area contributed by atoms with Crippen molar-refractivity contribution in [1.29, 1.82) is 0 Å². The zero-order valence-corrected chi connectivity index (χ0v) is 10.2. The summed E-state index contributed by atoms with van der Waals surface area (Å²) in [4.78, 5) is 18.9. The molecule has 92 valence electrons. The molecule has 5 nitrogen and oxygen atoms in total. The number of nitrogens with zero attached hydrogens (tertiary/aromatic N) is 2. The first kappa shape index (κ1) is 12.3. The van der Waals surface area contributed by atoms with Crippen LogP contribution in [0.3, 0.4) is 0 Å². The summed E-state index contributed by atoms with van der Waals surface area (Å²) >= 11 is 5.94. The Bertz CT molecular complexity index is 559. The molecule has 0 aliphatic heterocycles. The predicted molar refractivity (Wildman–Crippen MR) is 69.3 cm³/mol. The van der Waals surface area contributed by atoms with Gasteiger partial charge in [-0.3, -0.25) is 4.79 Å². The number of anilines is 1. The van der Waals surface area contributed by atoms with Gasteiger partial charge < -0.3 is 11.1 Å². The molecular weight excluding hydrogens is 252 g/mol. The molecule has 1 aromatic carbocycles. The van der Waals surface area contributed by atoms with E-state index in [1.54, 1.807) is 24.4 Å². The lowest BCUT2D eigenvalue weighted by molar-refractivity contribution is 0.100. The van der Waals surface area contributed by atoms with Crippen molar-refractivity contribution in [2.75, 3.05) is 5.32 Å². The summed E-state index contributed by atoms with van der Waals surface area (Å²) in [6, 6.07) is 6.80. The highest BCUT2D eigenvalue weighted by atomic mass is 35.5. The Balaban J connectivity index is 2.07. The van der Waals surface area contributed by atoms with E-state index in [4.69, 9.17) is 17.3 Å². The van der Waals surface area contributed by atoms with Gasteiger partial charge in [0.15, 0.2) is 0 Å². The summed E-state index contributed by atoms with van der Waals surface area (Å²) in [6.45, 7) is 0.550. The lowest BCUT2D eigenvalue weighted by Gasteiger charge is -2.07.